The van der Waals surface area contributed by atoms with Gasteiger partial charge in [-0.25, -0.2) is 9.97 Å². The smallest absolute Gasteiger partial charge is 0.223 e. The van der Waals surface area contributed by atoms with Gasteiger partial charge in [0.25, 0.3) is 0 Å². The number of rotatable bonds is 10. The fourth-order valence-corrected chi connectivity index (χ4v) is 4.62. The number of hydrogen-bond donors (Lipinski definition) is 4. The minimum absolute atomic E-state index is 0.0469. The van der Waals surface area contributed by atoms with Crippen LogP contribution in [0, 0.1) is 5.92 Å². The third-order valence-electron chi connectivity index (χ3n) is 6.03. The van der Waals surface area contributed by atoms with Gasteiger partial charge < -0.3 is 30.5 Å². The Kier molecular flexibility index (Phi) is 9.40. The topological polar surface area (TPSA) is 118 Å². The Morgan fingerprint density at radius 1 is 1.19 bits per heavy atom. The zero-order valence-electron chi connectivity index (χ0n) is 20.3. The average Bonchev–Trinajstić information content (AvgIpc) is 3.05. The van der Waals surface area contributed by atoms with Crippen LogP contribution in [0.25, 0.3) is 0 Å². The Balaban J connectivity index is 1.49. The number of aliphatic hydroxyl groups is 1. The number of halogens is 2. The SMILES string of the molecule is CC1c2c(ncnc2Nc2ccc(Oc3cccc(Cl)c3)c(Cl)c2)NCCC1C(=O)NCCOCCO. The molecule has 0 saturated heterocycles. The van der Waals surface area contributed by atoms with Crippen LogP contribution in [-0.2, 0) is 9.53 Å². The normalized spacial score (nSPS) is 16.8. The molecule has 1 aliphatic heterocycles. The Bertz CT molecular complexity index is 1230. The molecule has 2 unspecified atom stereocenters. The van der Waals surface area contributed by atoms with E-state index >= 15 is 0 Å². The van der Waals surface area contributed by atoms with E-state index in [0.29, 0.717) is 65.0 Å². The molecule has 0 aliphatic carbocycles. The molecule has 1 amide bonds. The Hall–Kier alpha value is -3.11. The minimum Gasteiger partial charge on any atom is -0.456 e. The van der Waals surface area contributed by atoms with E-state index in [4.69, 9.17) is 37.8 Å². The molecule has 0 saturated carbocycles. The molecule has 0 fully saturated rings. The summed E-state index contributed by atoms with van der Waals surface area (Å²) in [5.41, 5.74) is 1.54. The van der Waals surface area contributed by atoms with Crippen molar-refractivity contribution < 1.29 is 19.4 Å². The summed E-state index contributed by atoms with van der Waals surface area (Å²) in [5, 5.41) is 19.4. The van der Waals surface area contributed by atoms with Crippen molar-refractivity contribution in [3.63, 3.8) is 0 Å². The van der Waals surface area contributed by atoms with E-state index in [0.717, 1.165) is 5.56 Å². The molecular weight excluding hydrogens is 517 g/mol. The first-order valence-corrected chi connectivity index (χ1v) is 12.8. The summed E-state index contributed by atoms with van der Waals surface area (Å²) in [7, 11) is 0. The summed E-state index contributed by atoms with van der Waals surface area (Å²) in [6.45, 7) is 3.53. The number of ether oxygens (including phenoxy) is 2. The van der Waals surface area contributed by atoms with Crippen LogP contribution >= 0.6 is 23.2 Å². The lowest BCUT2D eigenvalue weighted by Gasteiger charge is -2.23. The molecule has 2 atom stereocenters. The zero-order valence-corrected chi connectivity index (χ0v) is 21.9. The number of anilines is 3. The maximum atomic E-state index is 13.0. The number of amides is 1. The Morgan fingerprint density at radius 3 is 2.84 bits per heavy atom. The van der Waals surface area contributed by atoms with Crippen molar-refractivity contribution in [2.24, 2.45) is 5.92 Å². The van der Waals surface area contributed by atoms with Gasteiger partial charge in [-0.3, -0.25) is 4.79 Å². The first kappa shape index (κ1) is 26.9. The molecule has 1 aliphatic rings. The highest BCUT2D eigenvalue weighted by Crippen LogP contribution is 2.39. The average molecular weight is 546 g/mol. The van der Waals surface area contributed by atoms with Gasteiger partial charge in [0, 0.05) is 41.2 Å². The molecule has 4 rings (SSSR count). The van der Waals surface area contributed by atoms with Crippen molar-refractivity contribution in [2.75, 3.05) is 43.5 Å². The second kappa shape index (κ2) is 12.9. The maximum absolute atomic E-state index is 13.0. The molecule has 3 aromatic rings. The van der Waals surface area contributed by atoms with E-state index in [1.165, 1.54) is 6.33 Å². The van der Waals surface area contributed by atoms with Gasteiger partial charge >= 0.3 is 0 Å². The first-order chi connectivity index (χ1) is 18.0. The number of benzene rings is 2. The lowest BCUT2D eigenvalue weighted by Crippen LogP contribution is -2.36. The number of nitrogens with one attached hydrogen (secondary N) is 3. The predicted molar refractivity (Wildman–Crippen MR) is 144 cm³/mol. The fraction of sp³-hybridized carbons (Fsp3) is 0.346. The molecule has 196 valence electrons. The van der Waals surface area contributed by atoms with E-state index < -0.39 is 0 Å². The van der Waals surface area contributed by atoms with Gasteiger partial charge in [-0.15, -0.1) is 0 Å². The second-order valence-electron chi connectivity index (χ2n) is 8.55. The number of nitrogens with zero attached hydrogens (tertiary/aromatic N) is 2. The van der Waals surface area contributed by atoms with Crippen molar-refractivity contribution in [3.8, 4) is 11.5 Å². The van der Waals surface area contributed by atoms with E-state index in [2.05, 4.69) is 25.9 Å². The van der Waals surface area contributed by atoms with Gasteiger partial charge in [0.15, 0.2) is 0 Å². The van der Waals surface area contributed by atoms with Gasteiger partial charge in [-0.2, -0.15) is 0 Å². The highest BCUT2D eigenvalue weighted by atomic mass is 35.5. The van der Waals surface area contributed by atoms with Crippen LogP contribution in [0.4, 0.5) is 17.3 Å². The largest absolute Gasteiger partial charge is 0.456 e. The lowest BCUT2D eigenvalue weighted by atomic mass is 9.85. The second-order valence-corrected chi connectivity index (χ2v) is 9.40. The molecule has 0 radical (unpaired) electrons. The quantitative estimate of drug-likeness (QED) is 0.263. The van der Waals surface area contributed by atoms with Crippen LogP contribution in [0.2, 0.25) is 10.0 Å². The summed E-state index contributed by atoms with van der Waals surface area (Å²) in [5.74, 6) is 1.86. The van der Waals surface area contributed by atoms with E-state index in [-0.39, 0.29) is 31.0 Å². The summed E-state index contributed by atoms with van der Waals surface area (Å²) < 4.78 is 11.1. The van der Waals surface area contributed by atoms with Crippen molar-refractivity contribution >= 4 is 46.4 Å². The van der Waals surface area contributed by atoms with Crippen LogP contribution in [0.5, 0.6) is 11.5 Å². The number of aromatic nitrogens is 2. The number of carbonyl (C=O) groups excluding carboxylic acids is 1. The predicted octanol–water partition coefficient (Wildman–Crippen LogP) is 4.98. The van der Waals surface area contributed by atoms with Gasteiger partial charge in [-0.05, 0) is 42.8 Å². The number of carbonyl (C=O) groups is 1. The molecule has 1 aromatic heterocycles. The summed E-state index contributed by atoms with van der Waals surface area (Å²) in [4.78, 5) is 21.9. The maximum Gasteiger partial charge on any atom is 0.223 e. The van der Waals surface area contributed by atoms with Crippen LogP contribution in [0.15, 0.2) is 48.8 Å². The van der Waals surface area contributed by atoms with Crippen molar-refractivity contribution in [2.45, 2.75) is 19.3 Å². The van der Waals surface area contributed by atoms with Crippen LogP contribution in [0.3, 0.4) is 0 Å². The molecule has 37 heavy (non-hydrogen) atoms. The highest BCUT2D eigenvalue weighted by molar-refractivity contribution is 6.32. The lowest BCUT2D eigenvalue weighted by molar-refractivity contribution is -0.125. The van der Waals surface area contributed by atoms with Gasteiger partial charge in [0.05, 0.1) is 24.8 Å². The molecule has 2 heterocycles. The Morgan fingerprint density at radius 2 is 2.05 bits per heavy atom. The van der Waals surface area contributed by atoms with E-state index in [9.17, 15) is 4.79 Å². The number of aliphatic hydroxyl groups excluding tert-OH is 1. The zero-order chi connectivity index (χ0) is 26.2. The van der Waals surface area contributed by atoms with E-state index in [1.807, 2.05) is 13.0 Å². The number of hydrogen-bond acceptors (Lipinski definition) is 8. The standard InChI is InChI=1S/C26H29Cl2N5O4/c1-16-20(26(35)30-9-11-36-12-10-34)7-8-29-24-23(16)25(32-15-31-24)33-18-5-6-22(21(28)14-18)37-19-4-2-3-17(27)13-19/h2-6,13-16,20,34H,7-12H2,1H3,(H,30,35)(H2,29,31,32,33). The molecule has 2 aromatic carbocycles. The van der Waals surface area contributed by atoms with Crippen molar-refractivity contribution in [1.82, 2.24) is 15.3 Å². The van der Waals surface area contributed by atoms with Crippen LogP contribution in [0.1, 0.15) is 24.8 Å². The van der Waals surface area contributed by atoms with Crippen molar-refractivity contribution in [1.29, 1.82) is 0 Å². The minimum atomic E-state index is -0.282. The monoisotopic (exact) mass is 545 g/mol. The molecule has 9 nitrogen and oxygen atoms in total. The summed E-state index contributed by atoms with van der Waals surface area (Å²) in [6, 6.07) is 12.4. The fourth-order valence-electron chi connectivity index (χ4n) is 4.22. The van der Waals surface area contributed by atoms with Gasteiger partial charge in [0.1, 0.15) is 29.5 Å². The van der Waals surface area contributed by atoms with Crippen molar-refractivity contribution in [3.05, 3.63) is 64.4 Å². The third kappa shape index (κ3) is 7.01. The Labute approximate surface area is 225 Å². The third-order valence-corrected chi connectivity index (χ3v) is 6.56. The first-order valence-electron chi connectivity index (χ1n) is 12.0. The van der Waals surface area contributed by atoms with E-state index in [1.54, 1.807) is 36.4 Å². The molecular formula is C26H29Cl2N5O4. The summed E-state index contributed by atoms with van der Waals surface area (Å²) in [6.07, 6.45) is 2.12. The summed E-state index contributed by atoms with van der Waals surface area (Å²) >= 11 is 12.5. The van der Waals surface area contributed by atoms with Crippen LogP contribution < -0.4 is 20.7 Å². The molecule has 0 spiro atoms. The van der Waals surface area contributed by atoms with Gasteiger partial charge in [-0.1, -0.05) is 36.2 Å². The molecule has 4 N–H and O–H groups in total. The highest BCUT2D eigenvalue weighted by Gasteiger charge is 2.32. The molecule has 0 bridgehead atoms. The molecule has 11 heteroatoms. The number of fused-ring (bicyclic) bond motifs is 1. The van der Waals surface area contributed by atoms with Crippen LogP contribution in [-0.4, -0.2) is 53.9 Å². The van der Waals surface area contributed by atoms with Gasteiger partial charge in [0.2, 0.25) is 5.91 Å².